The molecule has 4 amide bonds. The number of fused-ring (bicyclic) bond motifs is 9. The lowest BCUT2D eigenvalue weighted by Crippen LogP contribution is -2.77. The molecule has 11 rings (SSSR count). The fourth-order valence-corrected chi connectivity index (χ4v) is 16.3. The van der Waals surface area contributed by atoms with Gasteiger partial charge in [0.25, 0.3) is 23.6 Å². The van der Waals surface area contributed by atoms with Gasteiger partial charge >= 0.3 is 0 Å². The normalized spacial score (nSPS) is 39.5. The molecule has 0 aliphatic carbocycles. The Balaban J connectivity index is 1.18. The minimum Gasteiger partial charge on any atom is -0.392 e. The summed E-state index contributed by atoms with van der Waals surface area (Å²) in [6.45, 7) is -0.487. The summed E-state index contributed by atoms with van der Waals surface area (Å²) in [6.07, 6.45) is 0.0543. The van der Waals surface area contributed by atoms with Crippen LogP contribution in [0, 0.1) is 0 Å². The fourth-order valence-electron chi connectivity index (χ4n) is 8.97. The molecule has 0 radical (unpaired) electrons. The molecule has 4 bridgehead atoms. The van der Waals surface area contributed by atoms with E-state index < -0.39 is 44.4 Å². The Morgan fingerprint density at radius 2 is 1.36 bits per heavy atom. The van der Waals surface area contributed by atoms with E-state index in [2.05, 4.69) is 28.4 Å². The molecule has 246 valence electrons. The van der Waals surface area contributed by atoms with Crippen LogP contribution in [0.15, 0.2) is 48.5 Å². The number of carbonyl (C=O) groups is 4. The van der Waals surface area contributed by atoms with E-state index in [1.54, 1.807) is 26.0 Å². The van der Waals surface area contributed by atoms with Gasteiger partial charge in [0, 0.05) is 57.0 Å². The molecule has 0 aromatic heterocycles. The lowest BCUT2D eigenvalue weighted by molar-refractivity contribution is -0.166. The number of hydrogen-bond acceptors (Lipinski definition) is 12. The number of hydrogen-bond donors (Lipinski definition) is 3. The topological polar surface area (TPSA) is 137 Å². The van der Waals surface area contributed by atoms with Crippen molar-refractivity contribution in [2.24, 2.45) is 0 Å². The van der Waals surface area contributed by atoms with Crippen LogP contribution in [0.5, 0.6) is 0 Å². The van der Waals surface area contributed by atoms with Crippen LogP contribution in [0.4, 0.5) is 11.4 Å². The number of likely N-dealkylation sites (N-methyl/N-ethyl adjacent to an activating group) is 3. The van der Waals surface area contributed by atoms with Crippen LogP contribution in [0.25, 0.3) is 0 Å². The predicted molar refractivity (Wildman–Crippen MR) is 182 cm³/mol. The van der Waals surface area contributed by atoms with E-state index in [4.69, 9.17) is 0 Å². The molecule has 2 aromatic carbocycles. The quantitative estimate of drug-likeness (QED) is 0.391. The Labute approximate surface area is 286 Å². The zero-order chi connectivity index (χ0) is 32.9. The van der Waals surface area contributed by atoms with Crippen molar-refractivity contribution < 1.29 is 29.4 Å². The van der Waals surface area contributed by atoms with Crippen LogP contribution >= 0.6 is 43.2 Å². The average Bonchev–Trinajstić information content (AvgIpc) is 3.71. The number of aliphatic hydroxyl groups is 2. The van der Waals surface area contributed by atoms with Gasteiger partial charge in [-0.3, -0.25) is 24.1 Å². The maximum Gasteiger partial charge on any atom is 0.265 e. The molecule has 9 aliphatic rings. The molecule has 7 fully saturated rings. The molecule has 7 atom stereocenters. The van der Waals surface area contributed by atoms with Crippen molar-refractivity contribution in [1.29, 1.82) is 0 Å². The summed E-state index contributed by atoms with van der Waals surface area (Å²) >= 11 is 0. The number of rotatable bonds is 5. The van der Waals surface area contributed by atoms with Crippen LogP contribution in [0.2, 0.25) is 0 Å². The van der Waals surface area contributed by atoms with Crippen molar-refractivity contribution in [3.05, 3.63) is 59.7 Å². The van der Waals surface area contributed by atoms with Crippen molar-refractivity contribution >= 4 is 78.2 Å². The van der Waals surface area contributed by atoms with E-state index >= 15 is 0 Å². The van der Waals surface area contributed by atoms with E-state index in [0.29, 0.717) is 19.4 Å². The van der Waals surface area contributed by atoms with Gasteiger partial charge in [-0.25, -0.2) is 0 Å². The van der Waals surface area contributed by atoms with Gasteiger partial charge in [-0.15, -0.1) is 0 Å². The number of amides is 4. The molecular weight excluding hydrogens is 681 g/mol. The van der Waals surface area contributed by atoms with Crippen LogP contribution < -0.4 is 10.2 Å². The van der Waals surface area contributed by atoms with Gasteiger partial charge < -0.3 is 35.1 Å². The summed E-state index contributed by atoms with van der Waals surface area (Å²) < 4.78 is 0. The minimum absolute atomic E-state index is 0.180. The monoisotopic (exact) mass is 712 g/mol. The van der Waals surface area contributed by atoms with Gasteiger partial charge in [0.1, 0.15) is 11.7 Å². The first-order valence-corrected chi connectivity index (χ1v) is 19.7. The number of aliphatic hydroxyl groups excluding tert-OH is 2. The number of piperazine rings is 2. The second-order valence-corrected chi connectivity index (χ2v) is 18.7. The lowest BCUT2D eigenvalue weighted by Gasteiger charge is -2.59. The highest BCUT2D eigenvalue weighted by Gasteiger charge is 2.79. The standard InChI is InChI=1S/C31H32N6O6S4/c1-33-25(42)30(15-38)34(2)23(40)28(33,44-46-30)12-17-13-36(21-11-7-4-8-18(17)21)27-14-29-24(41)35(3)31(16-39,47-45-29)26(43)37(29)22(27)32-20-10-6-5-9-19(20)27/h4-11,17,22,32,38-39H,12-16H2,1-3H3. The van der Waals surface area contributed by atoms with Gasteiger partial charge in [0.2, 0.25) is 9.74 Å². The zero-order valence-electron chi connectivity index (χ0n) is 25.7. The van der Waals surface area contributed by atoms with E-state index in [0.717, 1.165) is 22.5 Å². The number of para-hydroxylation sites is 2. The fraction of sp³-hybridized carbons (Fsp3) is 0.484. The van der Waals surface area contributed by atoms with Crippen molar-refractivity contribution in [3.63, 3.8) is 0 Å². The molecule has 12 nitrogen and oxygen atoms in total. The molecule has 7 unspecified atom stereocenters. The third-order valence-corrected chi connectivity index (χ3v) is 18.9. The Bertz CT molecular complexity index is 1820. The van der Waals surface area contributed by atoms with E-state index in [1.165, 1.54) is 57.9 Å². The molecule has 3 N–H and O–H groups in total. The summed E-state index contributed by atoms with van der Waals surface area (Å²) in [7, 11) is 10.1. The highest BCUT2D eigenvalue weighted by atomic mass is 33.1. The van der Waals surface area contributed by atoms with Crippen LogP contribution in [-0.4, -0.2) is 120 Å². The highest BCUT2D eigenvalue weighted by Crippen LogP contribution is 2.70. The van der Waals surface area contributed by atoms with Gasteiger partial charge in [0.15, 0.2) is 9.74 Å². The number of nitrogens with zero attached hydrogens (tertiary/aromatic N) is 5. The Morgan fingerprint density at radius 3 is 2.13 bits per heavy atom. The average molecular weight is 713 g/mol. The summed E-state index contributed by atoms with van der Waals surface area (Å²) in [5.74, 6) is -1.18. The van der Waals surface area contributed by atoms with Gasteiger partial charge in [-0.1, -0.05) is 58.0 Å². The first-order valence-electron chi connectivity index (χ1n) is 15.4. The highest BCUT2D eigenvalue weighted by molar-refractivity contribution is 8.78. The van der Waals surface area contributed by atoms with Crippen molar-refractivity contribution in [3.8, 4) is 0 Å². The van der Waals surface area contributed by atoms with Crippen LogP contribution in [0.1, 0.15) is 29.9 Å². The molecule has 9 heterocycles. The zero-order valence-corrected chi connectivity index (χ0v) is 29.0. The Morgan fingerprint density at radius 1 is 0.766 bits per heavy atom. The van der Waals surface area contributed by atoms with Crippen molar-refractivity contribution in [2.75, 3.05) is 51.1 Å². The SMILES string of the molecule is CN1C(=O)C2(CC3CN(C45CC67SSC(CO)(C(=O)N6C4Nc4ccccc45)N(C)C7=O)c4ccccc43)SSC1(CO)C(=O)N2C. The van der Waals surface area contributed by atoms with Crippen molar-refractivity contribution in [2.45, 2.75) is 49.9 Å². The summed E-state index contributed by atoms with van der Waals surface area (Å²) in [4.78, 5) is 59.7. The Hall–Kier alpha value is -2.76. The van der Waals surface area contributed by atoms with Crippen LogP contribution in [-0.2, 0) is 24.7 Å². The molecule has 16 heteroatoms. The lowest BCUT2D eigenvalue weighted by atomic mass is 9.84. The molecule has 1 spiro atoms. The largest absolute Gasteiger partial charge is 0.392 e. The van der Waals surface area contributed by atoms with E-state index in [1.807, 2.05) is 30.3 Å². The molecule has 47 heavy (non-hydrogen) atoms. The number of nitrogens with one attached hydrogen (secondary N) is 1. The predicted octanol–water partition coefficient (Wildman–Crippen LogP) is 1.82. The second kappa shape index (κ2) is 9.47. The third-order valence-electron chi connectivity index (χ3n) is 11.5. The molecular formula is C31H32N6O6S4. The van der Waals surface area contributed by atoms with E-state index in [-0.39, 0.29) is 29.5 Å². The number of benzene rings is 2. The first kappa shape index (κ1) is 30.3. The minimum atomic E-state index is -1.41. The van der Waals surface area contributed by atoms with Gasteiger partial charge in [-0.05, 0) is 45.7 Å². The summed E-state index contributed by atoms with van der Waals surface area (Å²) in [5.41, 5.74) is 2.99. The molecule has 7 saturated heterocycles. The molecule has 2 aromatic rings. The van der Waals surface area contributed by atoms with Gasteiger partial charge in [0.05, 0.1) is 13.2 Å². The Kier molecular flexibility index (Phi) is 6.11. The van der Waals surface area contributed by atoms with E-state index in [9.17, 15) is 29.4 Å². The second-order valence-electron chi connectivity index (χ2n) is 13.3. The van der Waals surface area contributed by atoms with Gasteiger partial charge in [-0.2, -0.15) is 0 Å². The number of anilines is 2. The maximum atomic E-state index is 14.4. The maximum absolute atomic E-state index is 14.4. The first-order chi connectivity index (χ1) is 22.5. The molecule has 0 saturated carbocycles. The smallest absolute Gasteiger partial charge is 0.265 e. The van der Waals surface area contributed by atoms with Crippen molar-refractivity contribution in [1.82, 2.24) is 19.6 Å². The third kappa shape index (κ3) is 3.17. The molecule has 9 aliphatic heterocycles. The van der Waals surface area contributed by atoms with Crippen LogP contribution in [0.3, 0.4) is 0 Å². The summed E-state index contributed by atoms with van der Waals surface area (Å²) in [6, 6.07) is 16.0. The number of carbonyl (C=O) groups excluding carboxylic acids is 4. The summed E-state index contributed by atoms with van der Waals surface area (Å²) in [5, 5.41) is 24.4.